The third-order valence-corrected chi connectivity index (χ3v) is 7.94. The van der Waals surface area contributed by atoms with E-state index in [-0.39, 0.29) is 17.1 Å². The van der Waals surface area contributed by atoms with Crippen LogP contribution in [0.25, 0.3) is 0 Å². The molecule has 130 valence electrons. The summed E-state index contributed by atoms with van der Waals surface area (Å²) < 4.78 is 5.15. The van der Waals surface area contributed by atoms with Crippen LogP contribution in [-0.4, -0.2) is 23.6 Å². The number of methoxy groups -OCH3 is 1. The zero-order valence-electron chi connectivity index (χ0n) is 14.6. The molecule has 2 fully saturated rings. The van der Waals surface area contributed by atoms with Gasteiger partial charge < -0.3 is 10.1 Å². The zero-order chi connectivity index (χ0) is 17.8. The molecule has 1 aromatic rings. The fourth-order valence-corrected chi connectivity index (χ4v) is 6.05. The largest absolute Gasteiger partial charge is 0.497 e. The Morgan fingerprint density at radius 3 is 2.38 bits per heavy atom. The Morgan fingerprint density at radius 2 is 1.88 bits per heavy atom. The highest BCUT2D eigenvalue weighted by Crippen LogP contribution is 2.72. The lowest BCUT2D eigenvalue weighted by Crippen LogP contribution is -2.50. The molecule has 1 amide bonds. The maximum atomic E-state index is 13.1. The van der Waals surface area contributed by atoms with Crippen LogP contribution in [0, 0.1) is 16.2 Å². The molecule has 2 bridgehead atoms. The number of halogens is 1. The molecule has 0 aromatic heterocycles. The van der Waals surface area contributed by atoms with Crippen molar-refractivity contribution in [1.29, 1.82) is 0 Å². The van der Waals surface area contributed by atoms with E-state index in [4.69, 9.17) is 4.74 Å². The van der Waals surface area contributed by atoms with Gasteiger partial charge in [0.25, 0.3) is 0 Å². The molecule has 5 heteroatoms. The number of alkyl halides is 1. The highest BCUT2D eigenvalue weighted by atomic mass is 79.9. The zero-order valence-corrected chi connectivity index (χ0v) is 16.2. The second-order valence-electron chi connectivity index (χ2n) is 7.69. The number of fused-ring (bicyclic) bond motifs is 2. The van der Waals surface area contributed by atoms with Crippen molar-refractivity contribution in [3.05, 3.63) is 29.8 Å². The van der Waals surface area contributed by atoms with Crippen LogP contribution in [0.1, 0.15) is 39.2 Å². The number of nitrogens with one attached hydrogen (secondary N) is 1. The molecule has 3 atom stereocenters. The third kappa shape index (κ3) is 2.03. The number of carbonyl (C=O) groups excluding carboxylic acids is 2. The quantitative estimate of drug-likeness (QED) is 0.796. The van der Waals surface area contributed by atoms with Gasteiger partial charge in [0.1, 0.15) is 5.75 Å². The lowest BCUT2D eigenvalue weighted by Gasteiger charge is -2.39. The van der Waals surface area contributed by atoms with E-state index < -0.39 is 15.7 Å². The molecular formula is C19H24BrNO3. The molecule has 0 radical (unpaired) electrons. The van der Waals surface area contributed by atoms with E-state index >= 15 is 0 Å². The van der Waals surface area contributed by atoms with E-state index in [2.05, 4.69) is 35.1 Å². The van der Waals surface area contributed by atoms with Crippen LogP contribution >= 0.6 is 15.9 Å². The molecule has 0 heterocycles. The first-order valence-corrected chi connectivity index (χ1v) is 9.22. The van der Waals surface area contributed by atoms with Crippen molar-refractivity contribution in [1.82, 2.24) is 5.32 Å². The molecule has 2 saturated carbocycles. The molecule has 4 nitrogen and oxygen atoms in total. The van der Waals surface area contributed by atoms with E-state index in [1.807, 2.05) is 31.2 Å². The molecule has 24 heavy (non-hydrogen) atoms. The summed E-state index contributed by atoms with van der Waals surface area (Å²) in [4.78, 5) is 25.4. The summed E-state index contributed by atoms with van der Waals surface area (Å²) in [5.41, 5.74) is -0.464. The van der Waals surface area contributed by atoms with E-state index in [1.165, 1.54) is 0 Å². The normalized spacial score (nSPS) is 33.5. The van der Waals surface area contributed by atoms with Gasteiger partial charge in [-0.2, -0.15) is 0 Å². The predicted molar refractivity (Wildman–Crippen MR) is 96.1 cm³/mol. The summed E-state index contributed by atoms with van der Waals surface area (Å²) in [6, 6.07) is 7.63. The Morgan fingerprint density at radius 1 is 1.25 bits per heavy atom. The molecule has 2 aliphatic carbocycles. The van der Waals surface area contributed by atoms with Gasteiger partial charge in [0.05, 0.1) is 17.4 Å². The van der Waals surface area contributed by atoms with Crippen LogP contribution in [-0.2, 0) is 16.1 Å². The number of ether oxygens (including phenoxy) is 1. The minimum absolute atomic E-state index is 0.0280. The Labute approximate surface area is 151 Å². The van der Waals surface area contributed by atoms with Crippen LogP contribution in [0.4, 0.5) is 0 Å². The predicted octanol–water partition coefficient (Wildman–Crippen LogP) is 3.47. The average molecular weight is 394 g/mol. The summed E-state index contributed by atoms with van der Waals surface area (Å²) in [7, 11) is 1.63. The molecule has 0 spiro atoms. The van der Waals surface area contributed by atoms with Gasteiger partial charge >= 0.3 is 0 Å². The number of amides is 1. The standard InChI is InChI=1S/C19H24BrNO3/c1-17(2)18(3)9-10-19(17,14(20)15(18)22)16(23)21-11-12-5-7-13(24-4)8-6-12/h5-8,14H,9-11H2,1-4H3,(H,21,23). The number of rotatable bonds is 4. The monoisotopic (exact) mass is 393 g/mol. The molecule has 3 unspecified atom stereocenters. The van der Waals surface area contributed by atoms with E-state index in [0.29, 0.717) is 6.54 Å². The molecule has 1 N–H and O–H groups in total. The second-order valence-corrected chi connectivity index (χ2v) is 8.60. The maximum absolute atomic E-state index is 13.1. The Kier molecular flexibility index (Phi) is 4.06. The van der Waals surface area contributed by atoms with E-state index in [1.54, 1.807) is 7.11 Å². The fourth-order valence-electron chi connectivity index (χ4n) is 4.54. The van der Waals surface area contributed by atoms with Gasteiger partial charge in [-0.15, -0.1) is 0 Å². The van der Waals surface area contributed by atoms with Gasteiger partial charge in [-0.3, -0.25) is 9.59 Å². The van der Waals surface area contributed by atoms with Crippen molar-refractivity contribution in [2.75, 3.05) is 7.11 Å². The van der Waals surface area contributed by atoms with Gasteiger partial charge in [0.2, 0.25) is 5.91 Å². The van der Waals surface area contributed by atoms with Crippen LogP contribution < -0.4 is 10.1 Å². The topological polar surface area (TPSA) is 55.4 Å². The van der Waals surface area contributed by atoms with Crippen LogP contribution in [0.15, 0.2) is 24.3 Å². The summed E-state index contributed by atoms with van der Waals surface area (Å²) in [5.74, 6) is 0.927. The molecule has 0 saturated heterocycles. The Hall–Kier alpha value is -1.36. The summed E-state index contributed by atoms with van der Waals surface area (Å²) in [6.45, 7) is 6.58. The smallest absolute Gasteiger partial charge is 0.228 e. The van der Waals surface area contributed by atoms with Crippen molar-refractivity contribution < 1.29 is 14.3 Å². The van der Waals surface area contributed by atoms with Gasteiger partial charge in [-0.25, -0.2) is 0 Å². The van der Waals surface area contributed by atoms with Crippen molar-refractivity contribution in [3.63, 3.8) is 0 Å². The van der Waals surface area contributed by atoms with Gasteiger partial charge in [-0.1, -0.05) is 48.8 Å². The Balaban J connectivity index is 1.80. The molecule has 0 aliphatic heterocycles. The molecule has 1 aromatic carbocycles. The fraction of sp³-hybridized carbons (Fsp3) is 0.579. The highest BCUT2D eigenvalue weighted by molar-refractivity contribution is 9.10. The first-order chi connectivity index (χ1) is 11.2. The highest BCUT2D eigenvalue weighted by Gasteiger charge is 2.76. The maximum Gasteiger partial charge on any atom is 0.228 e. The SMILES string of the molecule is COc1ccc(CNC(=O)C23CCC(C)(C(=O)C2Br)C3(C)C)cc1. The van der Waals surface area contributed by atoms with Crippen molar-refractivity contribution >= 4 is 27.6 Å². The van der Waals surface area contributed by atoms with E-state index in [0.717, 1.165) is 24.2 Å². The van der Waals surface area contributed by atoms with Crippen LogP contribution in [0.5, 0.6) is 5.75 Å². The van der Waals surface area contributed by atoms with Crippen LogP contribution in [0.3, 0.4) is 0 Å². The minimum atomic E-state index is -0.675. The number of hydrogen-bond donors (Lipinski definition) is 1. The van der Waals surface area contributed by atoms with Crippen molar-refractivity contribution in [2.45, 2.75) is 45.0 Å². The lowest BCUT2D eigenvalue weighted by molar-refractivity contribution is -0.136. The molecule has 2 aliphatic rings. The number of ketones is 1. The average Bonchev–Trinajstić information content (AvgIpc) is 2.85. The first kappa shape index (κ1) is 17.5. The second kappa shape index (κ2) is 5.58. The van der Waals surface area contributed by atoms with Gasteiger partial charge in [0, 0.05) is 12.0 Å². The van der Waals surface area contributed by atoms with Crippen molar-refractivity contribution in [2.24, 2.45) is 16.2 Å². The molecule has 3 rings (SSSR count). The third-order valence-electron chi connectivity index (χ3n) is 6.74. The molecular weight excluding hydrogens is 370 g/mol. The summed E-state index contributed by atoms with van der Waals surface area (Å²) >= 11 is 3.55. The lowest BCUT2D eigenvalue weighted by atomic mass is 9.64. The Bertz CT molecular complexity index is 684. The van der Waals surface area contributed by atoms with Crippen LogP contribution in [0.2, 0.25) is 0 Å². The number of benzene rings is 1. The number of carbonyl (C=O) groups is 2. The summed E-state index contributed by atoms with van der Waals surface area (Å²) in [5, 5.41) is 3.06. The number of hydrogen-bond acceptors (Lipinski definition) is 3. The van der Waals surface area contributed by atoms with Gasteiger partial charge in [0.15, 0.2) is 5.78 Å². The van der Waals surface area contributed by atoms with E-state index in [9.17, 15) is 9.59 Å². The number of Topliss-reactive ketones (excluding diaryl/α,β-unsaturated/α-hetero) is 1. The first-order valence-electron chi connectivity index (χ1n) is 8.30. The minimum Gasteiger partial charge on any atom is -0.497 e. The van der Waals surface area contributed by atoms with Gasteiger partial charge in [-0.05, 0) is 36.0 Å². The van der Waals surface area contributed by atoms with Crippen molar-refractivity contribution in [3.8, 4) is 5.75 Å². The summed E-state index contributed by atoms with van der Waals surface area (Å²) in [6.07, 6.45) is 1.52.